The number of aliphatic carboxylic acids is 4. The van der Waals surface area contributed by atoms with Crippen molar-refractivity contribution in [1.29, 1.82) is 0 Å². The van der Waals surface area contributed by atoms with Gasteiger partial charge in [0.05, 0.1) is 26.2 Å². The van der Waals surface area contributed by atoms with Crippen molar-refractivity contribution in [2.24, 2.45) is 0 Å². The van der Waals surface area contributed by atoms with E-state index in [2.05, 4.69) is 0 Å². The van der Waals surface area contributed by atoms with Gasteiger partial charge in [0, 0.05) is 13.1 Å². The molecule has 0 aliphatic rings. The molecule has 0 amide bonds. The van der Waals surface area contributed by atoms with E-state index < -0.39 is 50.1 Å². The van der Waals surface area contributed by atoms with Crippen molar-refractivity contribution in [1.82, 2.24) is 9.80 Å². The first kappa shape index (κ1) is 35.8. The third kappa shape index (κ3) is 22.8. The second-order valence-electron chi connectivity index (χ2n) is 4.00. The fourth-order valence-corrected chi connectivity index (χ4v) is 1.48. The molecule has 6 N–H and O–H groups in total. The summed E-state index contributed by atoms with van der Waals surface area (Å²) in [4.78, 5) is 44.4. The Morgan fingerprint density at radius 2 is 0.708 bits per heavy atom. The number of rotatable bonds is 11. The Hall–Kier alpha value is 0.760. The van der Waals surface area contributed by atoms with Gasteiger partial charge in [-0.3, -0.25) is 29.0 Å². The van der Waals surface area contributed by atoms with Crippen molar-refractivity contribution >= 4 is 113 Å². The molecule has 0 rings (SSSR count). The zero-order valence-electron chi connectivity index (χ0n) is 11.1. The fourth-order valence-electron chi connectivity index (χ4n) is 1.48. The molecule has 24 heavy (non-hydrogen) atoms. The molecular formula is C10H21N2Na3O9. The Balaban J connectivity index is -0.000000301. The predicted molar refractivity (Wildman–Crippen MR) is 88.5 cm³/mol. The molecule has 128 valence electrons. The van der Waals surface area contributed by atoms with Gasteiger partial charge in [-0.05, 0) is 0 Å². The molecule has 0 radical (unpaired) electrons. The van der Waals surface area contributed by atoms with Crippen LogP contribution in [0.25, 0.3) is 0 Å². The van der Waals surface area contributed by atoms with Crippen LogP contribution in [0, 0.1) is 0 Å². The summed E-state index contributed by atoms with van der Waals surface area (Å²) in [6.07, 6.45) is 0. The maximum absolute atomic E-state index is 10.6. The molecule has 0 unspecified atom stereocenters. The molecule has 0 aliphatic carbocycles. The van der Waals surface area contributed by atoms with Gasteiger partial charge in [-0.15, -0.1) is 0 Å². The minimum atomic E-state index is -1.23. The Labute approximate surface area is 204 Å². The van der Waals surface area contributed by atoms with Crippen LogP contribution >= 0.6 is 0 Å². The second-order valence-corrected chi connectivity index (χ2v) is 4.00. The Morgan fingerprint density at radius 3 is 0.833 bits per heavy atom. The first-order valence-corrected chi connectivity index (χ1v) is 5.52. The molecule has 0 aliphatic heterocycles. The molecule has 0 aromatic carbocycles. The number of hydrogen-bond acceptors (Lipinski definition) is 6. The quantitative estimate of drug-likeness (QED) is 0.252. The summed E-state index contributed by atoms with van der Waals surface area (Å²) in [5.74, 6) is -4.91. The van der Waals surface area contributed by atoms with Gasteiger partial charge in [0.15, 0.2) is 0 Å². The summed E-state index contributed by atoms with van der Waals surface area (Å²) >= 11 is 0. The van der Waals surface area contributed by atoms with Crippen LogP contribution in [0.4, 0.5) is 0 Å². The normalized spacial score (nSPS) is 8.92. The van der Waals surface area contributed by atoms with Gasteiger partial charge in [0.25, 0.3) is 0 Å². The van der Waals surface area contributed by atoms with Crippen molar-refractivity contribution < 1.29 is 45.1 Å². The van der Waals surface area contributed by atoms with Gasteiger partial charge in [-0.1, -0.05) is 0 Å². The second kappa shape index (κ2) is 20.1. The van der Waals surface area contributed by atoms with Crippen LogP contribution in [-0.4, -0.2) is 188 Å². The van der Waals surface area contributed by atoms with Crippen molar-refractivity contribution in [3.8, 4) is 0 Å². The van der Waals surface area contributed by atoms with Crippen LogP contribution in [0.5, 0.6) is 0 Å². The van der Waals surface area contributed by atoms with Crippen LogP contribution in [-0.2, 0) is 19.2 Å². The molecule has 0 aromatic heterocycles. The van der Waals surface area contributed by atoms with E-state index in [-0.39, 0.29) is 107 Å². The van der Waals surface area contributed by atoms with Crippen LogP contribution in [0.2, 0.25) is 0 Å². The molecule has 14 heteroatoms. The average molecular weight is 382 g/mol. The average Bonchev–Trinajstić information content (AvgIpc) is 2.22. The molecular weight excluding hydrogens is 361 g/mol. The monoisotopic (exact) mass is 382 g/mol. The van der Waals surface area contributed by atoms with Gasteiger partial charge in [-0.25, -0.2) is 0 Å². The van der Waals surface area contributed by atoms with E-state index in [1.54, 1.807) is 0 Å². The number of nitrogens with zero attached hydrogens (tertiary/aromatic N) is 2. The third-order valence-electron chi connectivity index (χ3n) is 2.17. The van der Waals surface area contributed by atoms with Gasteiger partial charge in [0.1, 0.15) is 0 Å². The van der Waals surface area contributed by atoms with E-state index >= 15 is 0 Å². The number of carbonyl (C=O) groups is 4. The fraction of sp³-hybridized carbons (Fsp3) is 0.600. The van der Waals surface area contributed by atoms with E-state index in [9.17, 15) is 19.2 Å². The van der Waals surface area contributed by atoms with Gasteiger partial charge >= 0.3 is 113 Å². The Morgan fingerprint density at radius 1 is 0.542 bits per heavy atom. The van der Waals surface area contributed by atoms with Crippen molar-refractivity contribution in [3.05, 3.63) is 0 Å². The Kier molecular flexibility index (Phi) is 29.9. The number of carboxylic acids is 4. The molecule has 0 aromatic rings. The summed E-state index contributed by atoms with van der Waals surface area (Å²) in [6, 6.07) is 0. The topological polar surface area (TPSA) is 187 Å². The maximum atomic E-state index is 10.6. The summed E-state index contributed by atoms with van der Waals surface area (Å²) in [5.41, 5.74) is 0. The van der Waals surface area contributed by atoms with E-state index in [0.717, 1.165) is 9.80 Å². The zero-order valence-corrected chi connectivity index (χ0v) is 11.1. The molecule has 0 atom stereocenters. The van der Waals surface area contributed by atoms with Crippen LogP contribution in [0.15, 0.2) is 0 Å². The zero-order chi connectivity index (χ0) is 15.7. The van der Waals surface area contributed by atoms with Crippen LogP contribution < -0.4 is 0 Å². The molecule has 0 saturated heterocycles. The number of hydrogen-bond donors (Lipinski definition) is 4. The summed E-state index contributed by atoms with van der Waals surface area (Å²) in [7, 11) is 0. The predicted octanol–water partition coefficient (Wildman–Crippen LogP) is -4.84. The van der Waals surface area contributed by atoms with E-state index in [1.165, 1.54) is 0 Å². The summed E-state index contributed by atoms with van der Waals surface area (Å²) < 4.78 is 0. The van der Waals surface area contributed by atoms with Crippen molar-refractivity contribution in [2.75, 3.05) is 39.3 Å². The van der Waals surface area contributed by atoms with Gasteiger partial charge < -0.3 is 25.9 Å². The summed E-state index contributed by atoms with van der Waals surface area (Å²) in [5, 5.41) is 34.5. The third-order valence-corrected chi connectivity index (χ3v) is 2.17. The molecule has 0 saturated carbocycles. The SMILES string of the molecule is O.O=C(O)CN(CCN(CC(=O)O)CC(=O)O)CC(=O)O.[NaH].[NaH].[NaH]. The standard InChI is InChI=1S/C10H16N2O8.3Na.H2O.3H/c13-7(14)3-11(4-8(15)16)1-2-12(5-9(17)18)6-10(19)20;;;;;;;/h1-6H2,(H,13,14)(H,15,16)(H,17,18)(H,19,20);;;;1H2;;;. The van der Waals surface area contributed by atoms with Crippen molar-refractivity contribution in [3.63, 3.8) is 0 Å². The van der Waals surface area contributed by atoms with Gasteiger partial charge in [0.2, 0.25) is 0 Å². The minimum absolute atomic E-state index is 0. The molecule has 0 spiro atoms. The summed E-state index contributed by atoms with van der Waals surface area (Å²) in [6.45, 7) is -2.25. The van der Waals surface area contributed by atoms with Gasteiger partial charge in [-0.2, -0.15) is 0 Å². The first-order valence-electron chi connectivity index (χ1n) is 5.52. The number of carboxylic acid groups (broad SMARTS) is 4. The molecule has 0 heterocycles. The molecule has 0 bridgehead atoms. The molecule has 0 fully saturated rings. The molecule has 11 nitrogen and oxygen atoms in total. The van der Waals surface area contributed by atoms with E-state index in [0.29, 0.717) is 0 Å². The van der Waals surface area contributed by atoms with Crippen LogP contribution in [0.3, 0.4) is 0 Å². The first-order chi connectivity index (χ1) is 9.20. The van der Waals surface area contributed by atoms with E-state index in [4.69, 9.17) is 20.4 Å². The van der Waals surface area contributed by atoms with Crippen LogP contribution in [0.1, 0.15) is 0 Å². The Bertz CT molecular complexity index is 330. The van der Waals surface area contributed by atoms with Crippen molar-refractivity contribution in [2.45, 2.75) is 0 Å². The van der Waals surface area contributed by atoms with E-state index in [1.807, 2.05) is 0 Å².